The molecule has 0 heterocycles. The van der Waals surface area contributed by atoms with Crippen molar-refractivity contribution in [3.05, 3.63) is 58.7 Å². The lowest BCUT2D eigenvalue weighted by molar-refractivity contribution is -0.141. The van der Waals surface area contributed by atoms with E-state index in [-0.39, 0.29) is 106 Å². The van der Waals surface area contributed by atoms with Crippen LogP contribution in [0.15, 0.2) is 36.4 Å². The lowest BCUT2D eigenvalue weighted by Crippen LogP contribution is -2.20. The molecular weight excluding hydrogens is 696 g/mol. The highest BCUT2D eigenvalue weighted by Crippen LogP contribution is 2.20. The Kier molecular flexibility index (Phi) is 23.5. The van der Waals surface area contributed by atoms with Gasteiger partial charge < -0.3 is 57.6 Å². The zero-order valence-corrected chi connectivity index (χ0v) is 29.3. The maximum Gasteiger partial charge on any atom is 0.339 e. The molecular formula is C34H46O18. The molecule has 1 rings (SSSR count). The highest BCUT2D eigenvalue weighted by atomic mass is 16.6. The van der Waals surface area contributed by atoms with Gasteiger partial charge in [0.15, 0.2) is 0 Å². The van der Waals surface area contributed by atoms with Crippen LogP contribution in [0.2, 0.25) is 0 Å². The van der Waals surface area contributed by atoms with E-state index >= 15 is 0 Å². The molecule has 2 N–H and O–H groups in total. The van der Waals surface area contributed by atoms with Crippen molar-refractivity contribution in [2.45, 2.75) is 13.8 Å². The minimum atomic E-state index is -1.61. The first-order valence-electron chi connectivity index (χ1n) is 16.0. The summed E-state index contributed by atoms with van der Waals surface area (Å²) >= 11 is 0. The van der Waals surface area contributed by atoms with Crippen molar-refractivity contribution in [2.75, 3.05) is 106 Å². The second-order valence-electron chi connectivity index (χ2n) is 10.3. The van der Waals surface area contributed by atoms with E-state index in [0.717, 1.165) is 12.1 Å². The van der Waals surface area contributed by atoms with Crippen LogP contribution in [0.3, 0.4) is 0 Å². The van der Waals surface area contributed by atoms with E-state index in [4.69, 9.17) is 47.4 Å². The Labute approximate surface area is 300 Å². The molecule has 18 heteroatoms. The van der Waals surface area contributed by atoms with Crippen LogP contribution in [0.4, 0.5) is 0 Å². The number of hydrogen-bond acceptors (Lipinski definition) is 16. The van der Waals surface area contributed by atoms with Gasteiger partial charge in [-0.15, -0.1) is 0 Å². The molecule has 0 radical (unpaired) electrons. The van der Waals surface area contributed by atoms with Crippen LogP contribution in [0.5, 0.6) is 0 Å². The number of benzene rings is 1. The number of aromatic carboxylic acids is 2. The highest BCUT2D eigenvalue weighted by molar-refractivity contribution is 6.09. The van der Waals surface area contributed by atoms with Gasteiger partial charge in [0.2, 0.25) is 0 Å². The molecule has 0 aromatic heterocycles. The largest absolute Gasteiger partial charge is 0.478 e. The van der Waals surface area contributed by atoms with E-state index < -0.39 is 58.1 Å². The summed E-state index contributed by atoms with van der Waals surface area (Å²) in [6.45, 7) is 11.5. The fraction of sp³-hybridized carbons (Fsp3) is 0.529. The van der Waals surface area contributed by atoms with Gasteiger partial charge in [-0.2, -0.15) is 0 Å². The van der Waals surface area contributed by atoms with Crippen molar-refractivity contribution >= 4 is 35.8 Å². The predicted octanol–water partition coefficient (Wildman–Crippen LogP) is 1.73. The highest BCUT2D eigenvalue weighted by Gasteiger charge is 2.27. The van der Waals surface area contributed by atoms with E-state index in [1.54, 1.807) is 0 Å². The number of rotatable bonds is 30. The number of esters is 4. The number of carboxylic acid groups (broad SMARTS) is 2. The van der Waals surface area contributed by atoms with Crippen LogP contribution in [-0.2, 0) is 57.0 Å². The van der Waals surface area contributed by atoms with Gasteiger partial charge in [0.25, 0.3) is 0 Å². The fourth-order valence-corrected chi connectivity index (χ4v) is 3.55. The molecule has 290 valence electrons. The minimum absolute atomic E-state index is 0.0721. The monoisotopic (exact) mass is 742 g/mol. The Hall–Kier alpha value is -4.72. The molecule has 0 atom stereocenters. The molecule has 0 unspecified atom stereocenters. The number of carbonyl (C=O) groups is 6. The number of ether oxygens (including phenoxy) is 10. The molecule has 0 amide bonds. The van der Waals surface area contributed by atoms with Gasteiger partial charge in [0, 0.05) is 11.1 Å². The maximum absolute atomic E-state index is 12.6. The van der Waals surface area contributed by atoms with Crippen LogP contribution in [0.1, 0.15) is 55.3 Å². The number of carboxylic acids is 2. The van der Waals surface area contributed by atoms with E-state index in [1.807, 2.05) is 0 Å². The van der Waals surface area contributed by atoms with Crippen LogP contribution in [0.25, 0.3) is 0 Å². The summed E-state index contributed by atoms with van der Waals surface area (Å²) in [7, 11) is 0. The van der Waals surface area contributed by atoms with Crippen molar-refractivity contribution in [3.63, 3.8) is 0 Å². The molecule has 1 aromatic carbocycles. The quantitative estimate of drug-likeness (QED) is 0.0494. The van der Waals surface area contributed by atoms with Crippen molar-refractivity contribution in [1.82, 2.24) is 0 Å². The Bertz CT molecular complexity index is 1250. The SMILES string of the molecule is C=C(C)C(=O)OCCOCCOCCOCCOC(=O)c1cc(C(=O)O)c(C(=O)OCCOCCOCCOCCOC(=O)C(=C)C)cc1C(=O)O. The summed E-state index contributed by atoms with van der Waals surface area (Å²) < 4.78 is 51.5. The molecule has 18 nitrogen and oxygen atoms in total. The normalized spacial score (nSPS) is 10.7. The smallest absolute Gasteiger partial charge is 0.339 e. The summed E-state index contributed by atoms with van der Waals surface area (Å²) in [5, 5.41) is 19.3. The van der Waals surface area contributed by atoms with Crippen LogP contribution >= 0.6 is 0 Å². The molecule has 0 saturated carbocycles. The Morgan fingerprint density at radius 1 is 0.423 bits per heavy atom. The summed E-state index contributed by atoms with van der Waals surface area (Å²) in [6, 6.07) is 1.47. The zero-order chi connectivity index (χ0) is 38.7. The first kappa shape index (κ1) is 45.3. The summed E-state index contributed by atoms with van der Waals surface area (Å²) in [4.78, 5) is 71.5. The average molecular weight is 743 g/mol. The molecule has 0 aliphatic carbocycles. The van der Waals surface area contributed by atoms with Gasteiger partial charge in [-0.05, 0) is 26.0 Å². The lowest BCUT2D eigenvalue weighted by atomic mass is 9.98. The molecule has 1 aromatic rings. The maximum atomic E-state index is 12.6. The summed E-state index contributed by atoms with van der Waals surface area (Å²) in [6.07, 6.45) is 0. The van der Waals surface area contributed by atoms with Gasteiger partial charge in [-0.3, -0.25) is 0 Å². The molecule has 0 aliphatic rings. The van der Waals surface area contributed by atoms with Crippen molar-refractivity contribution in [3.8, 4) is 0 Å². The molecule has 52 heavy (non-hydrogen) atoms. The van der Waals surface area contributed by atoms with Crippen LogP contribution < -0.4 is 0 Å². The summed E-state index contributed by atoms with van der Waals surface area (Å²) in [5.74, 6) is -6.49. The molecule has 0 aliphatic heterocycles. The van der Waals surface area contributed by atoms with Gasteiger partial charge in [0.1, 0.15) is 26.4 Å². The first-order valence-corrected chi connectivity index (χ1v) is 16.0. The van der Waals surface area contributed by atoms with E-state index in [0.29, 0.717) is 11.1 Å². The topological polar surface area (TPSA) is 235 Å². The second-order valence-corrected chi connectivity index (χ2v) is 10.3. The van der Waals surface area contributed by atoms with E-state index in [9.17, 15) is 39.0 Å². The molecule has 0 saturated heterocycles. The third-order valence-corrected chi connectivity index (χ3v) is 6.09. The molecule has 0 fully saturated rings. The standard InChI is InChI=1S/C34H46O18/c1-23(2)31(39)49-17-13-45-9-5-43-7-11-47-15-19-51-33(41)27-21-26(30(37)38)28(22-25(27)29(35)36)34(42)52-20-16-48-12-8-44-6-10-46-14-18-50-32(40)24(3)4/h21-22H,1,3,5-20H2,2,4H3,(H,35,36)(H,37,38). The van der Waals surface area contributed by atoms with Gasteiger partial charge >= 0.3 is 35.8 Å². The third kappa shape index (κ3) is 19.6. The molecule has 0 spiro atoms. The van der Waals surface area contributed by atoms with Gasteiger partial charge in [-0.1, -0.05) is 13.2 Å². The first-order chi connectivity index (χ1) is 24.9. The number of hydrogen-bond donors (Lipinski definition) is 2. The summed E-state index contributed by atoms with van der Waals surface area (Å²) in [5.41, 5.74) is -1.92. The number of carbonyl (C=O) groups excluding carboxylic acids is 4. The van der Waals surface area contributed by atoms with Crippen molar-refractivity contribution in [1.29, 1.82) is 0 Å². The fourth-order valence-electron chi connectivity index (χ4n) is 3.55. The lowest BCUT2D eigenvalue weighted by Gasteiger charge is -2.13. The van der Waals surface area contributed by atoms with Crippen LogP contribution in [-0.4, -0.2) is 152 Å². The van der Waals surface area contributed by atoms with Gasteiger partial charge in [-0.25, -0.2) is 28.8 Å². The Balaban J connectivity index is 2.37. The van der Waals surface area contributed by atoms with E-state index in [1.165, 1.54) is 13.8 Å². The van der Waals surface area contributed by atoms with Crippen molar-refractivity contribution in [2.24, 2.45) is 0 Å². The van der Waals surface area contributed by atoms with Crippen LogP contribution in [0, 0.1) is 0 Å². The van der Waals surface area contributed by atoms with Crippen molar-refractivity contribution < 1.29 is 86.3 Å². The van der Waals surface area contributed by atoms with Gasteiger partial charge in [0.05, 0.1) is 102 Å². The molecule has 0 bridgehead atoms. The Morgan fingerprint density at radius 3 is 0.885 bits per heavy atom. The Morgan fingerprint density at radius 2 is 0.654 bits per heavy atom. The average Bonchev–Trinajstić information content (AvgIpc) is 3.10. The third-order valence-electron chi connectivity index (χ3n) is 6.09. The second kappa shape index (κ2) is 27.0. The minimum Gasteiger partial charge on any atom is -0.478 e. The predicted molar refractivity (Wildman–Crippen MR) is 177 cm³/mol. The van der Waals surface area contributed by atoms with E-state index in [2.05, 4.69) is 13.2 Å². The zero-order valence-electron chi connectivity index (χ0n) is 29.3.